The van der Waals surface area contributed by atoms with Crippen molar-refractivity contribution in [3.05, 3.63) is 52.7 Å². The van der Waals surface area contributed by atoms with Crippen LogP contribution in [0.15, 0.2) is 42.1 Å². The van der Waals surface area contributed by atoms with Crippen LogP contribution in [0.2, 0.25) is 5.02 Å². The number of benzene rings is 1. The first kappa shape index (κ1) is 20.8. The second-order valence-electron chi connectivity index (χ2n) is 8.53. The van der Waals surface area contributed by atoms with Gasteiger partial charge in [-0.05, 0) is 55.7 Å². The van der Waals surface area contributed by atoms with Gasteiger partial charge in [0.05, 0.1) is 10.6 Å². The molecule has 1 aromatic carbocycles. The minimum atomic E-state index is 0.116. The van der Waals surface area contributed by atoms with Crippen molar-refractivity contribution < 1.29 is 4.79 Å². The van der Waals surface area contributed by atoms with Crippen LogP contribution in [0.4, 0.5) is 5.69 Å². The number of amides is 1. The molecule has 1 saturated carbocycles. The van der Waals surface area contributed by atoms with Crippen molar-refractivity contribution in [2.75, 3.05) is 31.1 Å². The van der Waals surface area contributed by atoms with Crippen LogP contribution in [0.25, 0.3) is 0 Å². The van der Waals surface area contributed by atoms with Crippen molar-refractivity contribution in [1.29, 1.82) is 5.26 Å². The van der Waals surface area contributed by atoms with E-state index in [0.29, 0.717) is 23.0 Å². The van der Waals surface area contributed by atoms with Crippen molar-refractivity contribution in [2.24, 2.45) is 5.92 Å². The number of nitriles is 1. The molecule has 3 aliphatic rings. The largest absolute Gasteiger partial charge is 0.387 e. The molecule has 1 atom stereocenters. The van der Waals surface area contributed by atoms with Crippen LogP contribution in [-0.2, 0) is 4.79 Å². The Hall–Kier alpha value is -2.45. The third-order valence-electron chi connectivity index (χ3n) is 6.54. The molecule has 0 radical (unpaired) electrons. The van der Waals surface area contributed by atoms with Gasteiger partial charge < -0.3 is 15.1 Å². The molecule has 0 aromatic heterocycles. The van der Waals surface area contributed by atoms with E-state index in [9.17, 15) is 10.1 Å². The Balaban J connectivity index is 1.52. The van der Waals surface area contributed by atoms with E-state index in [2.05, 4.69) is 16.3 Å². The molecule has 1 saturated heterocycles. The van der Waals surface area contributed by atoms with Crippen LogP contribution in [0, 0.1) is 17.2 Å². The standard InChI is InChI=1S/C24H29ClN4O/c25-23-14-21(7-6-20(23)15-26)29(16-18-4-2-1-3-5-18)22-10-13-28(17-22)24(30)19-8-11-27-12-9-19/h6-9,11,14,18,22,27H,1-5,10,12-13,16-17H2/t22-/m0/s1. The Labute approximate surface area is 184 Å². The van der Waals surface area contributed by atoms with Crippen LogP contribution < -0.4 is 10.2 Å². The Bertz CT molecular complexity index is 882. The first-order valence-corrected chi connectivity index (χ1v) is 11.4. The molecule has 1 aliphatic carbocycles. The molecular weight excluding hydrogens is 396 g/mol. The summed E-state index contributed by atoms with van der Waals surface area (Å²) in [5.74, 6) is 0.790. The summed E-state index contributed by atoms with van der Waals surface area (Å²) >= 11 is 6.37. The number of hydrogen-bond donors (Lipinski definition) is 1. The fraction of sp³-hybridized carbons (Fsp3) is 0.500. The van der Waals surface area contributed by atoms with Crippen LogP contribution in [0.1, 0.15) is 44.1 Å². The quantitative estimate of drug-likeness (QED) is 0.767. The normalized spacial score (nSPS) is 21.7. The predicted molar refractivity (Wildman–Crippen MR) is 120 cm³/mol. The second-order valence-corrected chi connectivity index (χ2v) is 8.93. The van der Waals surface area contributed by atoms with Crippen molar-refractivity contribution in [2.45, 2.75) is 44.6 Å². The SMILES string of the molecule is N#Cc1ccc(N(CC2CCCCC2)[C@H]2CCN(C(=O)C3=CCNC=C3)C2)cc1Cl. The van der Waals surface area contributed by atoms with E-state index in [4.69, 9.17) is 11.6 Å². The maximum absolute atomic E-state index is 12.9. The number of hydrogen-bond acceptors (Lipinski definition) is 4. The highest BCUT2D eigenvalue weighted by atomic mass is 35.5. The molecule has 2 heterocycles. The topological polar surface area (TPSA) is 59.4 Å². The zero-order chi connectivity index (χ0) is 20.9. The van der Waals surface area contributed by atoms with Gasteiger partial charge in [-0.3, -0.25) is 4.79 Å². The summed E-state index contributed by atoms with van der Waals surface area (Å²) < 4.78 is 0. The van der Waals surface area contributed by atoms with E-state index < -0.39 is 0 Å². The molecule has 5 nitrogen and oxygen atoms in total. The lowest BCUT2D eigenvalue weighted by atomic mass is 9.88. The lowest BCUT2D eigenvalue weighted by molar-refractivity contribution is -0.125. The lowest BCUT2D eigenvalue weighted by Gasteiger charge is -2.36. The summed E-state index contributed by atoms with van der Waals surface area (Å²) in [6.45, 7) is 3.18. The molecule has 158 valence electrons. The summed E-state index contributed by atoms with van der Waals surface area (Å²) in [7, 11) is 0. The molecule has 1 amide bonds. The number of carbonyl (C=O) groups excluding carboxylic acids is 1. The van der Waals surface area contributed by atoms with Crippen LogP contribution in [0.5, 0.6) is 0 Å². The third kappa shape index (κ3) is 4.65. The second kappa shape index (κ2) is 9.57. The summed E-state index contributed by atoms with van der Waals surface area (Å²) in [6.07, 6.45) is 13.1. The summed E-state index contributed by atoms with van der Waals surface area (Å²) in [5.41, 5.74) is 2.34. The molecular formula is C24H29ClN4O. The zero-order valence-corrected chi connectivity index (χ0v) is 18.1. The molecule has 1 aromatic rings. The van der Waals surface area contributed by atoms with Gasteiger partial charge in [-0.15, -0.1) is 0 Å². The number of anilines is 1. The molecule has 0 unspecified atom stereocenters. The van der Waals surface area contributed by atoms with Gasteiger partial charge in [0.1, 0.15) is 6.07 Å². The lowest BCUT2D eigenvalue weighted by Crippen LogP contribution is -2.42. The van der Waals surface area contributed by atoms with E-state index in [1.165, 1.54) is 32.1 Å². The van der Waals surface area contributed by atoms with Gasteiger partial charge in [0.2, 0.25) is 0 Å². The summed E-state index contributed by atoms with van der Waals surface area (Å²) in [4.78, 5) is 17.4. The van der Waals surface area contributed by atoms with Gasteiger partial charge in [0.25, 0.3) is 5.91 Å². The van der Waals surface area contributed by atoms with Crippen molar-refractivity contribution >= 4 is 23.2 Å². The van der Waals surface area contributed by atoms with Crippen LogP contribution in [0.3, 0.4) is 0 Å². The maximum atomic E-state index is 12.9. The maximum Gasteiger partial charge on any atom is 0.253 e. The average Bonchev–Trinajstić information content (AvgIpc) is 3.28. The fourth-order valence-corrected chi connectivity index (χ4v) is 5.08. The van der Waals surface area contributed by atoms with Gasteiger partial charge in [-0.1, -0.05) is 36.9 Å². The molecule has 30 heavy (non-hydrogen) atoms. The van der Waals surface area contributed by atoms with Gasteiger partial charge in [-0.25, -0.2) is 0 Å². The van der Waals surface area contributed by atoms with Gasteiger partial charge >= 0.3 is 0 Å². The minimum Gasteiger partial charge on any atom is -0.387 e. The molecule has 2 fully saturated rings. The van der Waals surface area contributed by atoms with Crippen molar-refractivity contribution in [1.82, 2.24) is 10.2 Å². The van der Waals surface area contributed by atoms with E-state index >= 15 is 0 Å². The highest BCUT2D eigenvalue weighted by Crippen LogP contribution is 2.32. The molecule has 0 bridgehead atoms. The molecule has 0 spiro atoms. The highest BCUT2D eigenvalue weighted by molar-refractivity contribution is 6.32. The van der Waals surface area contributed by atoms with Crippen molar-refractivity contribution in [3.63, 3.8) is 0 Å². The third-order valence-corrected chi connectivity index (χ3v) is 6.86. The number of dihydropyridines is 1. The first-order valence-electron chi connectivity index (χ1n) is 11.0. The molecule has 1 N–H and O–H groups in total. The van der Waals surface area contributed by atoms with E-state index in [-0.39, 0.29) is 11.9 Å². The minimum absolute atomic E-state index is 0.116. The van der Waals surface area contributed by atoms with E-state index in [1.54, 1.807) is 0 Å². The number of nitrogens with zero attached hydrogens (tertiary/aromatic N) is 3. The average molecular weight is 425 g/mol. The number of likely N-dealkylation sites (tertiary alicyclic amines) is 1. The van der Waals surface area contributed by atoms with Crippen molar-refractivity contribution in [3.8, 4) is 6.07 Å². The zero-order valence-electron chi connectivity index (χ0n) is 17.3. The van der Waals surface area contributed by atoms with E-state index in [0.717, 1.165) is 37.3 Å². The van der Waals surface area contributed by atoms with Gasteiger partial charge in [0.15, 0.2) is 0 Å². The van der Waals surface area contributed by atoms with Gasteiger partial charge in [-0.2, -0.15) is 5.26 Å². The number of halogens is 1. The highest BCUT2D eigenvalue weighted by Gasteiger charge is 2.33. The monoisotopic (exact) mass is 424 g/mol. The number of carbonyl (C=O) groups is 1. The van der Waals surface area contributed by atoms with Crippen LogP contribution >= 0.6 is 11.6 Å². The fourth-order valence-electron chi connectivity index (χ4n) is 4.86. The Morgan fingerprint density at radius 2 is 2.10 bits per heavy atom. The van der Waals surface area contributed by atoms with Crippen LogP contribution in [-0.4, -0.2) is 43.0 Å². The Morgan fingerprint density at radius 3 is 2.80 bits per heavy atom. The smallest absolute Gasteiger partial charge is 0.253 e. The molecule has 6 heteroatoms. The van der Waals surface area contributed by atoms with Gasteiger partial charge in [0, 0.05) is 43.5 Å². The molecule has 4 rings (SSSR count). The molecule has 2 aliphatic heterocycles. The Morgan fingerprint density at radius 1 is 1.27 bits per heavy atom. The summed E-state index contributed by atoms with van der Waals surface area (Å²) in [5, 5.41) is 12.8. The number of rotatable bonds is 5. The summed E-state index contributed by atoms with van der Waals surface area (Å²) in [6, 6.07) is 8.16. The predicted octanol–water partition coefficient (Wildman–Crippen LogP) is 4.24. The number of nitrogens with one attached hydrogen (secondary N) is 1. The van der Waals surface area contributed by atoms with E-state index in [1.807, 2.05) is 41.5 Å². The Kier molecular flexibility index (Phi) is 6.64. The first-order chi connectivity index (χ1) is 14.7.